The summed E-state index contributed by atoms with van der Waals surface area (Å²) in [6.45, 7) is 12.0. The molecule has 1 saturated heterocycles. The summed E-state index contributed by atoms with van der Waals surface area (Å²) in [6.07, 6.45) is 0. The van der Waals surface area contributed by atoms with Gasteiger partial charge in [-0.15, -0.1) is 0 Å². The quantitative estimate of drug-likeness (QED) is 0.802. The molecule has 0 unspecified atom stereocenters. The van der Waals surface area contributed by atoms with Crippen molar-refractivity contribution in [2.75, 3.05) is 14.1 Å². The van der Waals surface area contributed by atoms with Crippen LogP contribution in [-0.2, 0) is 14.8 Å². The molecule has 1 aliphatic heterocycles. The lowest BCUT2D eigenvalue weighted by molar-refractivity contribution is 0.00578. The summed E-state index contributed by atoms with van der Waals surface area (Å²) in [4.78, 5) is 2.07. The summed E-state index contributed by atoms with van der Waals surface area (Å²) in [6, 6.07) is 5.31. The Labute approximate surface area is 133 Å². The van der Waals surface area contributed by atoms with Crippen LogP contribution in [0.15, 0.2) is 18.2 Å². The van der Waals surface area contributed by atoms with E-state index in [0.29, 0.717) is 5.46 Å². The third-order valence-corrected chi connectivity index (χ3v) is 5.33. The van der Waals surface area contributed by atoms with Crippen molar-refractivity contribution in [3.63, 3.8) is 0 Å². The van der Waals surface area contributed by atoms with E-state index in [9.17, 15) is 4.39 Å². The molecular weight excluding hydrogens is 280 g/mol. The van der Waals surface area contributed by atoms with Crippen molar-refractivity contribution in [1.29, 1.82) is 0 Å². The molecular formula is C17H27BFNO2. The van der Waals surface area contributed by atoms with E-state index in [2.05, 4.69) is 18.7 Å². The Morgan fingerprint density at radius 1 is 1.05 bits per heavy atom. The van der Waals surface area contributed by atoms with Gasteiger partial charge in [0.05, 0.1) is 11.2 Å². The van der Waals surface area contributed by atoms with Crippen molar-refractivity contribution in [2.45, 2.75) is 58.3 Å². The van der Waals surface area contributed by atoms with Crippen molar-refractivity contribution in [1.82, 2.24) is 4.90 Å². The lowest BCUT2D eigenvalue weighted by Crippen LogP contribution is -2.41. The van der Waals surface area contributed by atoms with E-state index in [-0.39, 0.29) is 11.4 Å². The highest BCUT2D eigenvalue weighted by molar-refractivity contribution is 6.62. The smallest absolute Gasteiger partial charge is 0.399 e. The van der Waals surface area contributed by atoms with Gasteiger partial charge in [-0.05, 0) is 67.3 Å². The molecule has 1 aromatic rings. The number of halogens is 1. The van der Waals surface area contributed by atoms with E-state index < -0.39 is 18.3 Å². The molecule has 0 bridgehead atoms. The molecule has 0 amide bonds. The van der Waals surface area contributed by atoms with Gasteiger partial charge in [0.2, 0.25) is 0 Å². The van der Waals surface area contributed by atoms with Gasteiger partial charge in [-0.3, -0.25) is 0 Å². The first-order valence-electron chi connectivity index (χ1n) is 7.71. The Morgan fingerprint density at radius 3 is 1.95 bits per heavy atom. The van der Waals surface area contributed by atoms with Crippen LogP contribution in [-0.4, -0.2) is 37.3 Å². The first kappa shape index (κ1) is 17.4. The zero-order chi connectivity index (χ0) is 16.9. The molecule has 2 rings (SSSR count). The first-order chi connectivity index (χ1) is 9.88. The minimum Gasteiger partial charge on any atom is -0.399 e. The number of hydrogen-bond donors (Lipinski definition) is 0. The van der Waals surface area contributed by atoms with Crippen molar-refractivity contribution >= 4 is 12.6 Å². The van der Waals surface area contributed by atoms with Crippen molar-refractivity contribution < 1.29 is 13.7 Å². The normalized spacial score (nSPS) is 20.7. The van der Waals surface area contributed by atoms with E-state index in [4.69, 9.17) is 9.31 Å². The van der Waals surface area contributed by atoms with E-state index in [0.717, 1.165) is 5.56 Å². The molecule has 0 saturated carbocycles. The first-order valence-corrected chi connectivity index (χ1v) is 7.71. The molecule has 22 heavy (non-hydrogen) atoms. The van der Waals surface area contributed by atoms with Gasteiger partial charge in [0, 0.05) is 11.0 Å². The zero-order valence-electron chi connectivity index (χ0n) is 15.0. The molecule has 3 nitrogen and oxygen atoms in total. The number of benzene rings is 1. The third kappa shape index (κ3) is 2.82. The average molecular weight is 307 g/mol. The zero-order valence-corrected chi connectivity index (χ0v) is 15.0. The fourth-order valence-electron chi connectivity index (χ4n) is 2.33. The van der Waals surface area contributed by atoms with Gasteiger partial charge in [0.25, 0.3) is 0 Å². The summed E-state index contributed by atoms with van der Waals surface area (Å²) >= 11 is 0. The second kappa shape index (κ2) is 5.32. The Balaban J connectivity index is 2.33. The van der Waals surface area contributed by atoms with Crippen LogP contribution < -0.4 is 5.46 Å². The molecule has 122 valence electrons. The van der Waals surface area contributed by atoms with E-state index >= 15 is 0 Å². The SMILES string of the molecule is CN(C)C(C)(C)c1ccc(B2OC(C)(C)C(C)(C)O2)c(F)c1. The molecule has 0 aromatic heterocycles. The van der Waals surface area contributed by atoms with Crippen LogP contribution in [0.2, 0.25) is 0 Å². The maximum absolute atomic E-state index is 14.6. The van der Waals surface area contributed by atoms with Gasteiger partial charge in [-0.2, -0.15) is 0 Å². The number of hydrogen-bond acceptors (Lipinski definition) is 3. The minimum atomic E-state index is -0.665. The highest BCUT2D eigenvalue weighted by atomic mass is 19.1. The van der Waals surface area contributed by atoms with Crippen LogP contribution in [0.1, 0.15) is 47.1 Å². The fraction of sp³-hybridized carbons (Fsp3) is 0.647. The molecule has 5 heteroatoms. The minimum absolute atomic E-state index is 0.241. The van der Waals surface area contributed by atoms with Crippen LogP contribution in [0.5, 0.6) is 0 Å². The van der Waals surface area contributed by atoms with Crippen LogP contribution in [0.25, 0.3) is 0 Å². The Morgan fingerprint density at radius 2 is 1.55 bits per heavy atom. The topological polar surface area (TPSA) is 21.7 Å². The van der Waals surface area contributed by atoms with Crippen molar-refractivity contribution in [2.24, 2.45) is 0 Å². The molecule has 0 aliphatic carbocycles. The maximum Gasteiger partial charge on any atom is 0.497 e. The Bertz CT molecular complexity index is 554. The number of nitrogens with zero attached hydrogens (tertiary/aromatic N) is 1. The number of rotatable bonds is 3. The third-order valence-electron chi connectivity index (χ3n) is 5.33. The van der Waals surface area contributed by atoms with E-state index in [1.807, 2.05) is 47.9 Å². The Hall–Kier alpha value is -0.905. The summed E-state index contributed by atoms with van der Waals surface area (Å²) in [5.74, 6) is -0.286. The highest BCUT2D eigenvalue weighted by Crippen LogP contribution is 2.37. The van der Waals surface area contributed by atoms with Crippen LogP contribution >= 0.6 is 0 Å². The van der Waals surface area contributed by atoms with Crippen LogP contribution in [0.3, 0.4) is 0 Å². The summed E-state index contributed by atoms with van der Waals surface area (Å²) in [5, 5.41) is 0. The van der Waals surface area contributed by atoms with Gasteiger partial charge in [-0.1, -0.05) is 12.1 Å². The molecule has 1 aromatic carbocycles. The Kier molecular flexibility index (Phi) is 4.22. The second-order valence-electron chi connectivity index (χ2n) is 7.78. The molecule has 0 spiro atoms. The molecule has 0 N–H and O–H groups in total. The van der Waals surface area contributed by atoms with Gasteiger partial charge in [-0.25, -0.2) is 4.39 Å². The van der Waals surface area contributed by atoms with Crippen molar-refractivity contribution in [3.8, 4) is 0 Å². The summed E-state index contributed by atoms with van der Waals surface area (Å²) in [5.41, 5.74) is 0.208. The highest BCUT2D eigenvalue weighted by Gasteiger charge is 2.52. The van der Waals surface area contributed by atoms with E-state index in [1.165, 1.54) is 0 Å². The monoisotopic (exact) mass is 307 g/mol. The lowest BCUT2D eigenvalue weighted by atomic mass is 9.77. The second-order valence-corrected chi connectivity index (χ2v) is 7.78. The molecule has 1 fully saturated rings. The van der Waals surface area contributed by atoms with Gasteiger partial charge >= 0.3 is 7.12 Å². The van der Waals surface area contributed by atoms with Crippen LogP contribution in [0.4, 0.5) is 4.39 Å². The molecule has 0 atom stereocenters. The predicted octanol–water partition coefficient (Wildman–Crippen LogP) is 2.92. The maximum atomic E-state index is 14.6. The molecule has 1 heterocycles. The fourth-order valence-corrected chi connectivity index (χ4v) is 2.33. The molecule has 1 aliphatic rings. The van der Waals surface area contributed by atoms with Crippen molar-refractivity contribution in [3.05, 3.63) is 29.6 Å². The summed E-state index contributed by atoms with van der Waals surface area (Å²) in [7, 11) is 3.31. The molecule has 0 radical (unpaired) electrons. The largest absolute Gasteiger partial charge is 0.497 e. The van der Waals surface area contributed by atoms with Gasteiger partial charge in [0.1, 0.15) is 5.82 Å². The van der Waals surface area contributed by atoms with Crippen LogP contribution in [0, 0.1) is 5.82 Å². The summed E-state index contributed by atoms with van der Waals surface area (Å²) < 4.78 is 26.5. The van der Waals surface area contributed by atoms with Gasteiger partial charge < -0.3 is 14.2 Å². The lowest BCUT2D eigenvalue weighted by Gasteiger charge is -2.33. The standard InChI is InChI=1S/C17H27BFNO2/c1-15(2,20(7)8)12-9-10-13(14(19)11-12)18-21-16(3,4)17(5,6)22-18/h9-11H,1-8H3. The predicted molar refractivity (Wildman–Crippen MR) is 88.8 cm³/mol. The van der Waals surface area contributed by atoms with E-state index in [1.54, 1.807) is 12.1 Å². The van der Waals surface area contributed by atoms with Gasteiger partial charge in [0.15, 0.2) is 0 Å². The average Bonchev–Trinajstić information content (AvgIpc) is 2.57.